The minimum absolute atomic E-state index is 0.000295. The van der Waals surface area contributed by atoms with E-state index in [-0.39, 0.29) is 11.5 Å². The highest BCUT2D eigenvalue weighted by molar-refractivity contribution is 5.98. The van der Waals surface area contributed by atoms with Gasteiger partial charge >= 0.3 is 0 Å². The Morgan fingerprint density at radius 3 is 2.73 bits per heavy atom. The van der Waals surface area contributed by atoms with Crippen molar-refractivity contribution < 1.29 is 4.79 Å². The van der Waals surface area contributed by atoms with Crippen LogP contribution >= 0.6 is 0 Å². The van der Waals surface area contributed by atoms with Crippen molar-refractivity contribution >= 4 is 12.0 Å². The van der Waals surface area contributed by atoms with Gasteiger partial charge in [0.1, 0.15) is 0 Å². The summed E-state index contributed by atoms with van der Waals surface area (Å²) in [5, 5.41) is 3.08. The number of allylic oxidation sites excluding steroid dienone is 1. The number of hydrogen-bond donors (Lipinski definition) is 1. The van der Waals surface area contributed by atoms with E-state index in [1.165, 1.54) is 43.1 Å². The summed E-state index contributed by atoms with van der Waals surface area (Å²) in [5.74, 6) is 0.546. The second-order valence-corrected chi connectivity index (χ2v) is 6.53. The van der Waals surface area contributed by atoms with E-state index in [1.807, 2.05) is 12.2 Å². The van der Waals surface area contributed by atoms with Crippen LogP contribution in [0.2, 0.25) is 0 Å². The zero-order valence-corrected chi connectivity index (χ0v) is 13.2. The summed E-state index contributed by atoms with van der Waals surface area (Å²) in [6.07, 6.45) is 13.8. The number of aromatic nitrogens is 1. The van der Waals surface area contributed by atoms with Crippen molar-refractivity contribution in [3.05, 3.63) is 39.3 Å². The SMILES string of the molecule is Cn1cc(C(=O)NCC2CCCCCC2)c2c(c1=O)CC=C2. The predicted octanol–water partition coefficient (Wildman–Crippen LogP) is 2.65. The van der Waals surface area contributed by atoms with Crippen molar-refractivity contribution in [1.29, 1.82) is 0 Å². The first-order chi connectivity index (χ1) is 10.7. The summed E-state index contributed by atoms with van der Waals surface area (Å²) >= 11 is 0. The van der Waals surface area contributed by atoms with Crippen molar-refractivity contribution in [2.24, 2.45) is 13.0 Å². The Kier molecular flexibility index (Phi) is 4.46. The number of aryl methyl sites for hydroxylation is 1. The molecule has 1 aromatic rings. The maximum absolute atomic E-state index is 12.5. The highest BCUT2D eigenvalue weighted by Gasteiger charge is 2.21. The first kappa shape index (κ1) is 15.1. The maximum Gasteiger partial charge on any atom is 0.254 e. The van der Waals surface area contributed by atoms with Gasteiger partial charge < -0.3 is 9.88 Å². The second kappa shape index (κ2) is 6.51. The van der Waals surface area contributed by atoms with Crippen LogP contribution in [0.5, 0.6) is 0 Å². The van der Waals surface area contributed by atoms with E-state index in [0.29, 0.717) is 17.9 Å². The van der Waals surface area contributed by atoms with Gasteiger partial charge in [0.15, 0.2) is 0 Å². The first-order valence-electron chi connectivity index (χ1n) is 8.34. The highest BCUT2D eigenvalue weighted by Crippen LogP contribution is 2.23. The molecule has 1 N–H and O–H groups in total. The Balaban J connectivity index is 1.73. The second-order valence-electron chi connectivity index (χ2n) is 6.53. The largest absolute Gasteiger partial charge is 0.352 e. The van der Waals surface area contributed by atoms with Crippen molar-refractivity contribution in [3.63, 3.8) is 0 Å². The molecule has 1 aromatic heterocycles. The molecule has 0 bridgehead atoms. The lowest BCUT2D eigenvalue weighted by Crippen LogP contribution is -2.32. The molecule has 0 unspecified atom stereocenters. The van der Waals surface area contributed by atoms with Gasteiger partial charge in [-0.1, -0.05) is 37.8 Å². The van der Waals surface area contributed by atoms with Crippen molar-refractivity contribution in [3.8, 4) is 0 Å². The molecule has 4 heteroatoms. The molecule has 0 atom stereocenters. The minimum Gasteiger partial charge on any atom is -0.352 e. The number of carbonyl (C=O) groups excluding carboxylic acids is 1. The molecule has 1 saturated carbocycles. The van der Waals surface area contributed by atoms with Gasteiger partial charge in [0.2, 0.25) is 0 Å². The normalized spacial score (nSPS) is 18.0. The van der Waals surface area contributed by atoms with E-state index in [2.05, 4.69) is 5.32 Å². The van der Waals surface area contributed by atoms with Gasteiger partial charge in [-0.2, -0.15) is 0 Å². The van der Waals surface area contributed by atoms with Gasteiger partial charge in [-0.05, 0) is 30.7 Å². The van der Waals surface area contributed by atoms with Crippen LogP contribution < -0.4 is 10.9 Å². The molecule has 1 fully saturated rings. The molecule has 0 aromatic carbocycles. The van der Waals surface area contributed by atoms with Gasteiger partial charge in [-0.25, -0.2) is 0 Å². The number of nitrogens with one attached hydrogen (secondary N) is 1. The van der Waals surface area contributed by atoms with Crippen LogP contribution in [0, 0.1) is 5.92 Å². The summed E-state index contributed by atoms with van der Waals surface area (Å²) in [7, 11) is 1.71. The Bertz CT molecular complexity index is 650. The Morgan fingerprint density at radius 2 is 2.00 bits per heavy atom. The first-order valence-corrected chi connectivity index (χ1v) is 8.34. The molecule has 3 rings (SSSR count). The lowest BCUT2D eigenvalue weighted by Gasteiger charge is -2.16. The van der Waals surface area contributed by atoms with Crippen molar-refractivity contribution in [2.45, 2.75) is 44.9 Å². The van der Waals surface area contributed by atoms with Crippen LogP contribution in [0.1, 0.15) is 60.0 Å². The molecule has 2 aliphatic rings. The van der Waals surface area contributed by atoms with Crippen LogP contribution in [0.25, 0.3) is 6.08 Å². The molecule has 0 radical (unpaired) electrons. The molecule has 4 nitrogen and oxygen atoms in total. The van der Waals surface area contributed by atoms with Crippen LogP contribution in [0.3, 0.4) is 0 Å². The molecule has 0 spiro atoms. The quantitative estimate of drug-likeness (QED) is 0.873. The van der Waals surface area contributed by atoms with Crippen LogP contribution in [0.15, 0.2) is 17.1 Å². The minimum atomic E-state index is -0.0531. The van der Waals surface area contributed by atoms with Crippen LogP contribution in [-0.4, -0.2) is 17.0 Å². The van der Waals surface area contributed by atoms with Crippen LogP contribution in [0.4, 0.5) is 0 Å². The third-order valence-electron chi connectivity index (χ3n) is 4.89. The van der Waals surface area contributed by atoms with E-state index in [1.54, 1.807) is 13.2 Å². The van der Waals surface area contributed by atoms with E-state index in [9.17, 15) is 9.59 Å². The molecule has 0 saturated heterocycles. The number of pyridine rings is 1. The Morgan fingerprint density at radius 1 is 1.27 bits per heavy atom. The van der Waals surface area contributed by atoms with Crippen molar-refractivity contribution in [1.82, 2.24) is 9.88 Å². The monoisotopic (exact) mass is 300 g/mol. The van der Waals surface area contributed by atoms with E-state index in [4.69, 9.17) is 0 Å². The summed E-state index contributed by atoms with van der Waals surface area (Å²) in [4.78, 5) is 24.6. The Hall–Kier alpha value is -1.84. The average Bonchev–Trinajstić information content (AvgIpc) is 2.86. The summed E-state index contributed by atoms with van der Waals surface area (Å²) in [6.45, 7) is 0.750. The smallest absolute Gasteiger partial charge is 0.254 e. The topological polar surface area (TPSA) is 51.1 Å². The predicted molar refractivity (Wildman–Crippen MR) is 87.9 cm³/mol. The molecule has 22 heavy (non-hydrogen) atoms. The summed E-state index contributed by atoms with van der Waals surface area (Å²) < 4.78 is 1.52. The summed E-state index contributed by atoms with van der Waals surface area (Å²) in [6, 6.07) is 0. The van der Waals surface area contributed by atoms with Gasteiger partial charge in [0, 0.05) is 25.4 Å². The fourth-order valence-electron chi connectivity index (χ4n) is 3.58. The third kappa shape index (κ3) is 3.01. The molecule has 1 amide bonds. The zero-order chi connectivity index (χ0) is 15.5. The molecule has 1 heterocycles. The van der Waals surface area contributed by atoms with Crippen LogP contribution in [-0.2, 0) is 13.5 Å². The number of fused-ring (bicyclic) bond motifs is 1. The molecule has 118 valence electrons. The molecular formula is C18H24N2O2. The lowest BCUT2D eigenvalue weighted by molar-refractivity contribution is 0.0944. The van der Waals surface area contributed by atoms with Crippen molar-refractivity contribution in [2.75, 3.05) is 6.54 Å². The number of hydrogen-bond acceptors (Lipinski definition) is 2. The molecule has 0 aliphatic heterocycles. The van der Waals surface area contributed by atoms with Gasteiger partial charge in [-0.3, -0.25) is 9.59 Å². The van der Waals surface area contributed by atoms with E-state index < -0.39 is 0 Å². The lowest BCUT2D eigenvalue weighted by atomic mass is 10.00. The number of nitrogens with zero attached hydrogens (tertiary/aromatic N) is 1. The number of carbonyl (C=O) groups is 1. The Labute approximate surface area is 131 Å². The molecular weight excluding hydrogens is 276 g/mol. The van der Waals surface area contributed by atoms with E-state index in [0.717, 1.165) is 17.7 Å². The standard InChI is InChI=1S/C18H24N2O2/c1-20-12-16(14-9-6-10-15(14)18(20)22)17(21)19-11-13-7-4-2-3-5-8-13/h6,9,12-13H,2-5,7-8,10-11H2,1H3,(H,19,21). The zero-order valence-electron chi connectivity index (χ0n) is 13.2. The fourth-order valence-corrected chi connectivity index (χ4v) is 3.58. The van der Waals surface area contributed by atoms with E-state index >= 15 is 0 Å². The fraction of sp³-hybridized carbons (Fsp3) is 0.556. The third-order valence-corrected chi connectivity index (χ3v) is 4.89. The number of rotatable bonds is 3. The van der Waals surface area contributed by atoms with Gasteiger partial charge in [-0.15, -0.1) is 0 Å². The van der Waals surface area contributed by atoms with Gasteiger partial charge in [0.05, 0.1) is 5.56 Å². The molecule has 2 aliphatic carbocycles. The maximum atomic E-state index is 12.5. The number of amides is 1. The highest BCUT2D eigenvalue weighted by atomic mass is 16.2. The van der Waals surface area contributed by atoms with Gasteiger partial charge in [0.25, 0.3) is 11.5 Å². The average molecular weight is 300 g/mol. The summed E-state index contributed by atoms with van der Waals surface area (Å²) in [5.41, 5.74) is 2.17.